The molecule has 0 bridgehead atoms. The van der Waals surface area contributed by atoms with Crippen molar-refractivity contribution in [3.05, 3.63) is 58.5 Å². The number of carbonyl (C=O) groups excluding carboxylic acids is 3. The number of Topliss-reactive ketones (excluding diaryl/α,β-unsaturated/α-hetero) is 1. The van der Waals surface area contributed by atoms with Gasteiger partial charge in [0.25, 0.3) is 5.91 Å². The van der Waals surface area contributed by atoms with Crippen LogP contribution in [-0.4, -0.2) is 40.9 Å². The van der Waals surface area contributed by atoms with E-state index in [-0.39, 0.29) is 25.4 Å². The van der Waals surface area contributed by atoms with Crippen LogP contribution in [0.4, 0.5) is 4.79 Å². The first-order valence-electron chi connectivity index (χ1n) is 11.2. The van der Waals surface area contributed by atoms with E-state index < -0.39 is 17.5 Å². The number of hydrogen-bond acceptors (Lipinski definition) is 6. The molecule has 0 saturated carbocycles. The fourth-order valence-electron chi connectivity index (χ4n) is 3.97. The molecule has 4 rings (SSSR count). The minimum absolute atomic E-state index is 0.104. The van der Waals surface area contributed by atoms with E-state index in [1.165, 1.54) is 6.20 Å². The van der Waals surface area contributed by atoms with Crippen LogP contribution >= 0.6 is 8.19 Å². The van der Waals surface area contributed by atoms with Crippen molar-refractivity contribution < 1.29 is 29.0 Å². The van der Waals surface area contributed by atoms with Gasteiger partial charge in [0.05, 0.1) is 18.2 Å². The number of aromatic nitrogens is 1. The van der Waals surface area contributed by atoms with Crippen LogP contribution in [-0.2, 0) is 16.8 Å². The zero-order valence-corrected chi connectivity index (χ0v) is 21.0. The number of carboxylic acid groups (broad SMARTS) is 1. The zero-order chi connectivity index (χ0) is 25.8. The molecule has 1 fully saturated rings. The number of ketones is 1. The molecule has 0 spiro atoms. The van der Waals surface area contributed by atoms with Gasteiger partial charge in [0.15, 0.2) is 5.78 Å². The fraction of sp³-hybridized carbons (Fsp3) is 0.320. The van der Waals surface area contributed by atoms with E-state index in [1.807, 2.05) is 25.1 Å². The predicted molar refractivity (Wildman–Crippen MR) is 134 cm³/mol. The summed E-state index contributed by atoms with van der Waals surface area (Å²) in [6, 6.07) is 8.49. The van der Waals surface area contributed by atoms with Gasteiger partial charge >= 0.3 is 12.0 Å². The average Bonchev–Trinajstić information content (AvgIpc) is 3.39. The summed E-state index contributed by atoms with van der Waals surface area (Å²) in [6.45, 7) is 5.51. The van der Waals surface area contributed by atoms with E-state index in [1.54, 1.807) is 26.2 Å². The molecular weight excluding hydrogens is 469 g/mol. The molecule has 0 radical (unpaired) electrons. The van der Waals surface area contributed by atoms with Crippen LogP contribution in [0.2, 0.25) is 0 Å². The van der Waals surface area contributed by atoms with Crippen LogP contribution in [0.15, 0.2) is 36.5 Å². The lowest BCUT2D eigenvalue weighted by Gasteiger charge is -2.23. The van der Waals surface area contributed by atoms with Crippen molar-refractivity contribution in [2.24, 2.45) is 0 Å². The first-order valence-corrected chi connectivity index (χ1v) is 12.2. The lowest BCUT2D eigenvalue weighted by Crippen LogP contribution is -2.42. The highest BCUT2D eigenvalue weighted by molar-refractivity contribution is 7.38. The second kappa shape index (κ2) is 10.7. The molecule has 2 atom stereocenters. The number of fused-ring (bicyclic) bond motifs is 1. The summed E-state index contributed by atoms with van der Waals surface area (Å²) in [5, 5.41) is 15.4. The molecule has 1 aromatic carbocycles. The number of imide groups is 1. The van der Waals surface area contributed by atoms with Crippen LogP contribution in [0, 0.1) is 0 Å². The van der Waals surface area contributed by atoms with E-state index in [4.69, 9.17) is 9.84 Å². The Morgan fingerprint density at radius 2 is 1.91 bits per heavy atom. The Bertz CT molecular complexity index is 1300. The van der Waals surface area contributed by atoms with Crippen molar-refractivity contribution in [2.75, 3.05) is 7.11 Å². The van der Waals surface area contributed by atoms with Gasteiger partial charge in [-0.3, -0.25) is 19.9 Å². The van der Waals surface area contributed by atoms with Crippen LogP contribution < -0.4 is 15.4 Å². The highest BCUT2D eigenvalue weighted by Gasteiger charge is 2.46. The third kappa shape index (κ3) is 5.35. The topological polar surface area (TPSA) is 135 Å². The van der Waals surface area contributed by atoms with Crippen molar-refractivity contribution in [2.45, 2.75) is 45.6 Å². The van der Waals surface area contributed by atoms with Gasteiger partial charge in [-0.1, -0.05) is 26.3 Å². The summed E-state index contributed by atoms with van der Waals surface area (Å²) in [4.78, 5) is 50.0. The first kappa shape index (κ1) is 25.9. The number of carbonyl (C=O) groups is 4. The summed E-state index contributed by atoms with van der Waals surface area (Å²) in [7, 11) is 1.72. The standard InChI is InChI=1S/C13H12N3O4P.C12H16O2/c1-2-13(11(19)15-12(20)16-13)9-4-7-8(21-9)3-6(5-14-7)10(17)18;1-4-5-10-6-7-11(14-3)8-12(10)9(2)13/h3-5,21H,2H2,1H3,(H,17,18)(H2,15,16,19,20);6-8H,4-5H2,1-3H3/t13-;/m0./s1. The molecule has 3 heterocycles. The number of ether oxygens (including phenoxy) is 1. The Labute approximate surface area is 204 Å². The normalized spacial score (nSPS) is 17.0. The zero-order valence-electron chi connectivity index (χ0n) is 20.0. The molecule has 0 aliphatic carbocycles. The van der Waals surface area contributed by atoms with Gasteiger partial charge in [-0.05, 0) is 49.6 Å². The molecule has 35 heavy (non-hydrogen) atoms. The van der Waals surface area contributed by atoms with Gasteiger partial charge in [-0.15, -0.1) is 8.19 Å². The summed E-state index contributed by atoms with van der Waals surface area (Å²) < 4.78 is 5.09. The van der Waals surface area contributed by atoms with Gasteiger partial charge < -0.3 is 15.2 Å². The largest absolute Gasteiger partial charge is 0.497 e. The minimum Gasteiger partial charge on any atom is -0.497 e. The van der Waals surface area contributed by atoms with E-state index in [0.717, 1.165) is 40.1 Å². The quantitative estimate of drug-likeness (QED) is 0.328. The molecule has 3 N–H and O–H groups in total. The number of nitrogens with one attached hydrogen (secondary N) is 2. The van der Waals surface area contributed by atoms with Crippen molar-refractivity contribution in [1.29, 1.82) is 0 Å². The Morgan fingerprint density at radius 3 is 2.46 bits per heavy atom. The highest BCUT2D eigenvalue weighted by Crippen LogP contribution is 2.40. The average molecular weight is 497 g/mol. The number of aryl methyl sites for hydroxylation is 1. The fourth-order valence-corrected chi connectivity index (χ4v) is 5.53. The molecule has 1 unspecified atom stereocenters. The summed E-state index contributed by atoms with van der Waals surface area (Å²) in [5.41, 5.74) is 1.60. The predicted octanol–water partition coefficient (Wildman–Crippen LogP) is 4.26. The maximum absolute atomic E-state index is 12.1. The van der Waals surface area contributed by atoms with Crippen molar-refractivity contribution in [1.82, 2.24) is 15.6 Å². The van der Waals surface area contributed by atoms with Crippen molar-refractivity contribution in [3.63, 3.8) is 0 Å². The number of aromatic carboxylic acids is 1. The summed E-state index contributed by atoms with van der Waals surface area (Å²) >= 11 is 0. The highest BCUT2D eigenvalue weighted by atomic mass is 31.0. The van der Waals surface area contributed by atoms with Gasteiger partial charge in [0.1, 0.15) is 11.3 Å². The smallest absolute Gasteiger partial charge is 0.337 e. The third-order valence-corrected chi connectivity index (χ3v) is 7.37. The first-order chi connectivity index (χ1) is 16.6. The van der Waals surface area contributed by atoms with E-state index in [0.29, 0.717) is 11.9 Å². The second-order valence-electron chi connectivity index (χ2n) is 8.14. The molecule has 3 amide bonds. The third-order valence-electron chi connectivity index (χ3n) is 5.86. The molecular formula is C25H28N3O6P. The number of rotatable bonds is 7. The lowest BCUT2D eigenvalue weighted by atomic mass is 9.94. The number of carboxylic acids is 1. The van der Waals surface area contributed by atoms with Gasteiger partial charge in [-0.25, -0.2) is 9.59 Å². The number of hydrogen-bond donors (Lipinski definition) is 3. The van der Waals surface area contributed by atoms with Crippen LogP contribution in [0.3, 0.4) is 0 Å². The van der Waals surface area contributed by atoms with Gasteiger partial charge in [0.2, 0.25) is 0 Å². The minimum atomic E-state index is -1.06. The summed E-state index contributed by atoms with van der Waals surface area (Å²) in [6.07, 6.45) is 3.70. The maximum atomic E-state index is 12.1. The molecule has 3 aromatic rings. The monoisotopic (exact) mass is 497 g/mol. The molecule has 184 valence electrons. The number of nitrogens with zero attached hydrogens (tertiary/aromatic N) is 1. The van der Waals surface area contributed by atoms with Crippen LogP contribution in [0.1, 0.15) is 65.2 Å². The van der Waals surface area contributed by atoms with E-state index in [2.05, 4.69) is 22.5 Å². The number of methoxy groups -OCH3 is 1. The lowest BCUT2D eigenvalue weighted by molar-refractivity contribution is -0.124. The van der Waals surface area contributed by atoms with Crippen molar-refractivity contribution >= 4 is 42.5 Å². The number of amides is 3. The molecule has 10 heteroatoms. The van der Waals surface area contributed by atoms with Crippen molar-refractivity contribution in [3.8, 4) is 5.75 Å². The molecule has 1 aliphatic heterocycles. The SMILES string of the molecule is CCCc1ccc(OC)cc1C(C)=O.CC[C@@]1(c2cc3ncc(C(=O)O)cc3[pH]2)NC(=O)NC1=O. The van der Waals surface area contributed by atoms with Gasteiger partial charge in [0, 0.05) is 22.2 Å². The Kier molecular flexibility index (Phi) is 7.92. The van der Waals surface area contributed by atoms with E-state index >= 15 is 0 Å². The van der Waals surface area contributed by atoms with Crippen LogP contribution in [0.25, 0.3) is 10.6 Å². The van der Waals surface area contributed by atoms with Gasteiger partial charge in [-0.2, -0.15) is 0 Å². The molecule has 2 aromatic heterocycles. The number of benzene rings is 1. The number of urea groups is 1. The van der Waals surface area contributed by atoms with Crippen LogP contribution in [0.5, 0.6) is 5.75 Å². The molecule has 1 saturated heterocycles. The Morgan fingerprint density at radius 1 is 1.17 bits per heavy atom. The Balaban J connectivity index is 0.000000214. The number of pyridine rings is 1. The molecule has 1 aliphatic rings. The second-order valence-corrected chi connectivity index (χ2v) is 9.47. The maximum Gasteiger partial charge on any atom is 0.337 e. The van der Waals surface area contributed by atoms with E-state index in [9.17, 15) is 19.2 Å². The Hall–Kier alpha value is -3.71. The summed E-state index contributed by atoms with van der Waals surface area (Å²) in [5.74, 6) is -0.567. The molecule has 9 nitrogen and oxygen atoms in total.